The number of carbonyl (C=O) groups excluding carboxylic acids is 1. The maximum absolute atomic E-state index is 12.6. The van der Waals surface area contributed by atoms with Gasteiger partial charge in [0.15, 0.2) is 0 Å². The van der Waals surface area contributed by atoms with Crippen LogP contribution in [0.15, 0.2) is 18.2 Å². The van der Waals surface area contributed by atoms with Gasteiger partial charge in [-0.05, 0) is 25.8 Å². The first-order valence-electron chi connectivity index (χ1n) is 6.37. The predicted molar refractivity (Wildman–Crippen MR) is 73.8 cm³/mol. The Labute approximate surface area is 120 Å². The van der Waals surface area contributed by atoms with Crippen LogP contribution in [0.4, 0.5) is 11.4 Å². The van der Waals surface area contributed by atoms with E-state index < -0.39 is 28.0 Å². The molecule has 0 aliphatic carbocycles. The Hall–Kier alpha value is -2.64. The Morgan fingerprint density at radius 3 is 2.71 bits per heavy atom. The summed E-state index contributed by atoms with van der Waals surface area (Å²) in [5.74, 6) is -1.85. The highest BCUT2D eigenvalue weighted by Gasteiger charge is 2.47. The first kappa shape index (κ1) is 14.8. The van der Waals surface area contributed by atoms with Crippen LogP contribution in [-0.2, 0) is 4.79 Å². The molecule has 21 heavy (non-hydrogen) atoms. The number of nitro groups is 1. The number of hydrogen-bond acceptors (Lipinski definition) is 5. The highest BCUT2D eigenvalue weighted by atomic mass is 16.6. The fraction of sp³-hybridized carbons (Fsp3) is 0.385. The molecule has 1 heterocycles. The molecule has 0 radical (unpaired) electrons. The molecule has 0 saturated carbocycles. The second-order valence-corrected chi connectivity index (χ2v) is 5.14. The first-order chi connectivity index (χ1) is 9.79. The molecule has 1 aliphatic heterocycles. The van der Waals surface area contributed by atoms with Gasteiger partial charge in [0.25, 0.3) is 11.6 Å². The molecule has 1 aliphatic rings. The van der Waals surface area contributed by atoms with Crippen LogP contribution in [0.5, 0.6) is 0 Å². The number of benzene rings is 1. The van der Waals surface area contributed by atoms with Crippen LogP contribution in [0.25, 0.3) is 0 Å². The van der Waals surface area contributed by atoms with Crippen LogP contribution >= 0.6 is 0 Å². The van der Waals surface area contributed by atoms with Gasteiger partial charge < -0.3 is 15.7 Å². The molecular weight excluding hydrogens is 278 g/mol. The van der Waals surface area contributed by atoms with Crippen molar-refractivity contribution in [3.05, 3.63) is 33.9 Å². The van der Waals surface area contributed by atoms with E-state index in [1.807, 2.05) is 0 Å². The average Bonchev–Trinajstić information content (AvgIpc) is 2.81. The largest absolute Gasteiger partial charge is 0.480 e. The van der Waals surface area contributed by atoms with E-state index in [4.69, 9.17) is 5.73 Å². The van der Waals surface area contributed by atoms with Crippen molar-refractivity contribution in [3.8, 4) is 0 Å². The fourth-order valence-electron chi connectivity index (χ4n) is 2.59. The standard InChI is InChI=1S/C13H15N3O5/c1-13(12(18)19)6-3-7-15(13)11(17)10-8(14)4-2-5-9(10)16(20)21/h2,4-5H,3,6-7,14H2,1H3,(H,18,19). The Morgan fingerprint density at radius 1 is 1.48 bits per heavy atom. The van der Waals surface area contributed by atoms with Gasteiger partial charge in [-0.1, -0.05) is 6.07 Å². The summed E-state index contributed by atoms with van der Waals surface area (Å²) in [5, 5.41) is 20.4. The van der Waals surface area contributed by atoms with E-state index in [2.05, 4.69) is 0 Å². The lowest BCUT2D eigenvalue weighted by Gasteiger charge is -2.31. The maximum atomic E-state index is 12.6. The van der Waals surface area contributed by atoms with E-state index in [9.17, 15) is 24.8 Å². The normalized spacial score (nSPS) is 21.3. The molecule has 1 atom stereocenters. The Bertz CT molecular complexity index is 630. The summed E-state index contributed by atoms with van der Waals surface area (Å²) < 4.78 is 0. The number of rotatable bonds is 3. The molecule has 1 saturated heterocycles. The topological polar surface area (TPSA) is 127 Å². The lowest BCUT2D eigenvalue weighted by atomic mass is 9.98. The van der Waals surface area contributed by atoms with Crippen molar-refractivity contribution in [2.75, 3.05) is 12.3 Å². The number of nitrogens with two attached hydrogens (primary N) is 1. The number of carbonyl (C=O) groups is 2. The second kappa shape index (κ2) is 5.04. The maximum Gasteiger partial charge on any atom is 0.329 e. The minimum Gasteiger partial charge on any atom is -0.480 e. The third-order valence-corrected chi connectivity index (χ3v) is 3.83. The molecule has 1 amide bonds. The zero-order chi connectivity index (χ0) is 15.8. The van der Waals surface area contributed by atoms with Crippen molar-refractivity contribution < 1.29 is 19.6 Å². The van der Waals surface area contributed by atoms with Crippen LogP contribution in [0.2, 0.25) is 0 Å². The number of likely N-dealkylation sites (tertiary alicyclic amines) is 1. The number of hydrogen-bond donors (Lipinski definition) is 2. The third-order valence-electron chi connectivity index (χ3n) is 3.83. The Kier molecular flexibility index (Phi) is 3.54. The number of nitrogens with zero attached hydrogens (tertiary/aromatic N) is 2. The molecule has 8 heteroatoms. The van der Waals surface area contributed by atoms with Gasteiger partial charge in [0.05, 0.1) is 10.6 Å². The Morgan fingerprint density at radius 2 is 2.14 bits per heavy atom. The molecule has 1 aromatic rings. The molecule has 1 aromatic carbocycles. The fourth-order valence-corrected chi connectivity index (χ4v) is 2.59. The SMILES string of the molecule is CC1(C(=O)O)CCCN1C(=O)c1c(N)cccc1[N+](=O)[O-]. The van der Waals surface area contributed by atoms with Crippen LogP contribution in [0.3, 0.4) is 0 Å². The molecule has 8 nitrogen and oxygen atoms in total. The van der Waals surface area contributed by atoms with Crippen molar-refractivity contribution in [1.29, 1.82) is 0 Å². The summed E-state index contributed by atoms with van der Waals surface area (Å²) in [7, 11) is 0. The van der Waals surface area contributed by atoms with Crippen LogP contribution in [0, 0.1) is 10.1 Å². The highest BCUT2D eigenvalue weighted by Crippen LogP contribution is 2.34. The molecule has 2 rings (SSSR count). The van der Waals surface area contributed by atoms with Gasteiger partial charge in [-0.15, -0.1) is 0 Å². The smallest absolute Gasteiger partial charge is 0.329 e. The molecule has 0 aromatic heterocycles. The number of carboxylic acid groups (broad SMARTS) is 1. The van der Waals surface area contributed by atoms with Gasteiger partial charge >= 0.3 is 5.97 Å². The monoisotopic (exact) mass is 293 g/mol. The number of anilines is 1. The third kappa shape index (κ3) is 2.28. The summed E-state index contributed by atoms with van der Waals surface area (Å²) in [6.07, 6.45) is 0.823. The minimum atomic E-state index is -1.37. The minimum absolute atomic E-state index is 0.0335. The second-order valence-electron chi connectivity index (χ2n) is 5.14. The van der Waals surface area contributed by atoms with E-state index >= 15 is 0 Å². The highest BCUT2D eigenvalue weighted by molar-refractivity contribution is 6.05. The van der Waals surface area contributed by atoms with E-state index in [0.717, 1.165) is 4.90 Å². The summed E-state index contributed by atoms with van der Waals surface area (Å²) in [5.41, 5.74) is 3.62. The predicted octanol–water partition coefficient (Wildman–Crippen LogP) is 1.26. The summed E-state index contributed by atoms with van der Waals surface area (Å²) >= 11 is 0. The molecule has 0 bridgehead atoms. The zero-order valence-electron chi connectivity index (χ0n) is 11.4. The zero-order valence-corrected chi connectivity index (χ0v) is 11.4. The van der Waals surface area contributed by atoms with Crippen LogP contribution in [-0.4, -0.2) is 38.9 Å². The summed E-state index contributed by atoms with van der Waals surface area (Å²) in [6.45, 7) is 1.66. The van der Waals surface area contributed by atoms with Gasteiger partial charge in [-0.25, -0.2) is 4.79 Å². The number of amides is 1. The van der Waals surface area contributed by atoms with Gasteiger partial charge in [-0.3, -0.25) is 14.9 Å². The number of carboxylic acids is 1. The molecule has 112 valence electrons. The molecule has 3 N–H and O–H groups in total. The molecule has 0 spiro atoms. The van der Waals surface area contributed by atoms with Crippen LogP contribution < -0.4 is 5.73 Å². The molecule has 1 fully saturated rings. The Balaban J connectivity index is 2.51. The summed E-state index contributed by atoms with van der Waals surface area (Å²) in [6, 6.07) is 3.94. The molecular formula is C13H15N3O5. The van der Waals surface area contributed by atoms with Gasteiger partial charge in [0.1, 0.15) is 11.1 Å². The van der Waals surface area contributed by atoms with Crippen LogP contribution in [0.1, 0.15) is 30.1 Å². The lowest BCUT2D eigenvalue weighted by Crippen LogP contribution is -2.51. The van der Waals surface area contributed by atoms with Crippen molar-refractivity contribution in [2.24, 2.45) is 0 Å². The van der Waals surface area contributed by atoms with E-state index in [0.29, 0.717) is 12.8 Å². The van der Waals surface area contributed by atoms with Crippen molar-refractivity contribution in [3.63, 3.8) is 0 Å². The summed E-state index contributed by atoms with van der Waals surface area (Å²) in [4.78, 5) is 35.5. The van der Waals surface area contributed by atoms with E-state index in [1.54, 1.807) is 0 Å². The van der Waals surface area contributed by atoms with Crippen molar-refractivity contribution >= 4 is 23.3 Å². The van der Waals surface area contributed by atoms with Crippen molar-refractivity contribution in [2.45, 2.75) is 25.3 Å². The van der Waals surface area contributed by atoms with Gasteiger partial charge in [-0.2, -0.15) is 0 Å². The van der Waals surface area contributed by atoms with E-state index in [1.165, 1.54) is 25.1 Å². The number of nitrogen functional groups attached to an aromatic ring is 1. The molecule has 1 unspecified atom stereocenters. The quantitative estimate of drug-likeness (QED) is 0.490. The van der Waals surface area contributed by atoms with Crippen molar-refractivity contribution in [1.82, 2.24) is 4.90 Å². The lowest BCUT2D eigenvalue weighted by molar-refractivity contribution is -0.385. The number of aliphatic carboxylic acids is 1. The average molecular weight is 293 g/mol. The first-order valence-corrected chi connectivity index (χ1v) is 6.37. The van der Waals surface area contributed by atoms with E-state index in [-0.39, 0.29) is 17.8 Å². The van der Waals surface area contributed by atoms with Gasteiger partial charge in [0, 0.05) is 12.6 Å². The number of nitro benzene ring substituents is 1. The van der Waals surface area contributed by atoms with Gasteiger partial charge in [0.2, 0.25) is 0 Å².